The van der Waals surface area contributed by atoms with Crippen LogP contribution in [-0.2, 0) is 16.6 Å². The molecule has 1 amide bonds. The number of carbonyl (C=O) groups excluding carboxylic acids is 1. The van der Waals surface area contributed by atoms with Gasteiger partial charge < -0.3 is 9.88 Å². The van der Waals surface area contributed by atoms with E-state index in [0.29, 0.717) is 45.0 Å². The Morgan fingerprint density at radius 2 is 1.77 bits per heavy atom. The van der Waals surface area contributed by atoms with E-state index in [2.05, 4.69) is 9.88 Å². The summed E-state index contributed by atoms with van der Waals surface area (Å²) in [5.41, 5.74) is 1.34. The van der Waals surface area contributed by atoms with E-state index in [-0.39, 0.29) is 16.6 Å². The number of halogens is 1. The van der Waals surface area contributed by atoms with E-state index >= 15 is 0 Å². The van der Waals surface area contributed by atoms with Crippen LogP contribution in [0.2, 0.25) is 0 Å². The van der Waals surface area contributed by atoms with Gasteiger partial charge in [0.05, 0.1) is 0 Å². The lowest BCUT2D eigenvalue weighted by atomic mass is 10.2. The summed E-state index contributed by atoms with van der Waals surface area (Å²) in [6, 6.07) is 7.95. The molecule has 0 bridgehead atoms. The summed E-state index contributed by atoms with van der Waals surface area (Å²) in [6.45, 7) is 4.43. The number of benzene rings is 1. The van der Waals surface area contributed by atoms with Crippen LogP contribution in [0, 0.1) is 5.82 Å². The lowest BCUT2D eigenvalue weighted by Gasteiger charge is -2.25. The molecule has 2 fully saturated rings. The average Bonchev–Trinajstić information content (AvgIpc) is 3.18. The van der Waals surface area contributed by atoms with E-state index in [9.17, 15) is 17.6 Å². The molecule has 2 aromatic rings. The number of amides is 1. The van der Waals surface area contributed by atoms with Gasteiger partial charge in [0.25, 0.3) is 5.91 Å². The molecule has 3 heterocycles. The second-order valence-electron chi connectivity index (χ2n) is 7.81. The van der Waals surface area contributed by atoms with Gasteiger partial charge in [-0.2, -0.15) is 16.1 Å². The first-order chi connectivity index (χ1) is 14.9. The molecule has 10 heteroatoms. The Morgan fingerprint density at radius 1 is 1.03 bits per heavy atom. The van der Waals surface area contributed by atoms with Crippen molar-refractivity contribution in [3.05, 3.63) is 53.6 Å². The summed E-state index contributed by atoms with van der Waals surface area (Å²) in [4.78, 5) is 20.0. The Morgan fingerprint density at radius 3 is 2.52 bits per heavy atom. The minimum Gasteiger partial charge on any atom is -0.356 e. The fourth-order valence-electron chi connectivity index (χ4n) is 3.93. The number of H-pyrrole nitrogens is 1. The maximum Gasteiger partial charge on any atom is 0.270 e. The van der Waals surface area contributed by atoms with Crippen molar-refractivity contribution in [2.75, 3.05) is 50.8 Å². The van der Waals surface area contributed by atoms with Crippen LogP contribution < -0.4 is 0 Å². The fourth-order valence-corrected chi connectivity index (χ4v) is 6.50. The maximum atomic E-state index is 13.1. The zero-order chi connectivity index (χ0) is 21.8. The summed E-state index contributed by atoms with van der Waals surface area (Å²) < 4.78 is 40.3. The molecule has 0 radical (unpaired) electrons. The van der Waals surface area contributed by atoms with Crippen LogP contribution in [0.5, 0.6) is 0 Å². The second kappa shape index (κ2) is 9.72. The minimum atomic E-state index is -3.58. The van der Waals surface area contributed by atoms with Crippen LogP contribution in [0.4, 0.5) is 4.39 Å². The fraction of sp³-hybridized carbons (Fsp3) is 0.476. The number of nitrogens with zero attached hydrogens (tertiary/aromatic N) is 3. The lowest BCUT2D eigenvalue weighted by molar-refractivity contribution is 0.0756. The number of hydrogen-bond donors (Lipinski definition) is 1. The van der Waals surface area contributed by atoms with E-state index in [0.717, 1.165) is 30.0 Å². The standard InChI is InChI=1S/C21H27FN4O3S2/c22-18-4-2-17(3-5-18)16-24-6-1-7-25(9-8-24)21(27)20-14-19(15-23-20)31(28,29)26-10-12-30-13-11-26/h2-5,14-15,23H,1,6-13,16H2. The van der Waals surface area contributed by atoms with Gasteiger partial charge in [0.1, 0.15) is 16.4 Å². The number of rotatable bonds is 5. The molecule has 0 spiro atoms. The SMILES string of the molecule is O=C(c1cc(S(=O)(=O)N2CCSCC2)c[nH]1)N1CCCN(Cc2ccc(F)cc2)CC1. The third kappa shape index (κ3) is 5.31. The molecule has 2 aliphatic rings. The van der Waals surface area contributed by atoms with Crippen LogP contribution >= 0.6 is 11.8 Å². The molecule has 0 atom stereocenters. The Balaban J connectivity index is 1.38. The summed E-state index contributed by atoms with van der Waals surface area (Å²) >= 11 is 1.75. The molecule has 0 saturated carbocycles. The van der Waals surface area contributed by atoms with Gasteiger partial charge in [-0.1, -0.05) is 12.1 Å². The molecule has 1 aromatic heterocycles. The van der Waals surface area contributed by atoms with E-state index in [1.165, 1.54) is 28.7 Å². The van der Waals surface area contributed by atoms with E-state index < -0.39 is 10.0 Å². The Hall–Kier alpha value is -1.88. The number of aromatic amines is 1. The first kappa shape index (κ1) is 22.3. The summed E-state index contributed by atoms with van der Waals surface area (Å²) in [6.07, 6.45) is 2.24. The molecule has 2 aliphatic heterocycles. The van der Waals surface area contributed by atoms with Crippen LogP contribution in [0.1, 0.15) is 22.5 Å². The first-order valence-electron chi connectivity index (χ1n) is 10.5. The predicted octanol–water partition coefficient (Wildman–Crippen LogP) is 2.24. The third-order valence-corrected chi connectivity index (χ3v) is 8.51. The van der Waals surface area contributed by atoms with Crippen molar-refractivity contribution in [2.45, 2.75) is 17.9 Å². The predicted molar refractivity (Wildman–Crippen MR) is 119 cm³/mol. The van der Waals surface area contributed by atoms with Gasteiger partial charge in [-0.15, -0.1) is 0 Å². The van der Waals surface area contributed by atoms with Gasteiger partial charge in [0, 0.05) is 63.5 Å². The van der Waals surface area contributed by atoms with Crippen molar-refractivity contribution >= 4 is 27.7 Å². The third-order valence-electron chi connectivity index (χ3n) is 5.69. The van der Waals surface area contributed by atoms with Crippen LogP contribution in [-0.4, -0.2) is 84.2 Å². The second-order valence-corrected chi connectivity index (χ2v) is 11.0. The zero-order valence-electron chi connectivity index (χ0n) is 17.3. The number of thioether (sulfide) groups is 1. The Kier molecular flexibility index (Phi) is 7.00. The van der Waals surface area contributed by atoms with Gasteiger partial charge in [0.15, 0.2) is 0 Å². The number of nitrogens with one attached hydrogen (secondary N) is 1. The van der Waals surface area contributed by atoms with Crippen molar-refractivity contribution in [1.82, 2.24) is 19.1 Å². The van der Waals surface area contributed by atoms with Crippen LogP contribution in [0.15, 0.2) is 41.4 Å². The highest BCUT2D eigenvalue weighted by Gasteiger charge is 2.29. The molecule has 168 valence electrons. The minimum absolute atomic E-state index is 0.149. The monoisotopic (exact) mass is 466 g/mol. The zero-order valence-corrected chi connectivity index (χ0v) is 18.9. The maximum absolute atomic E-state index is 13.1. The van der Waals surface area contributed by atoms with Gasteiger partial charge in [-0.25, -0.2) is 12.8 Å². The van der Waals surface area contributed by atoms with Crippen LogP contribution in [0.3, 0.4) is 0 Å². The molecule has 1 N–H and O–H groups in total. The van der Waals surface area contributed by atoms with Crippen molar-refractivity contribution in [3.63, 3.8) is 0 Å². The Bertz CT molecular complexity index is 1000. The van der Waals surface area contributed by atoms with Gasteiger partial charge in [-0.05, 0) is 30.2 Å². The van der Waals surface area contributed by atoms with Gasteiger partial charge >= 0.3 is 0 Å². The van der Waals surface area contributed by atoms with Crippen LogP contribution in [0.25, 0.3) is 0 Å². The van der Waals surface area contributed by atoms with E-state index in [4.69, 9.17) is 0 Å². The number of hydrogen-bond acceptors (Lipinski definition) is 5. The molecule has 7 nitrogen and oxygen atoms in total. The number of sulfonamides is 1. The Labute approximate surface area is 186 Å². The highest BCUT2D eigenvalue weighted by atomic mass is 32.2. The molecular weight excluding hydrogens is 439 g/mol. The molecule has 0 aliphatic carbocycles. The normalized spacial score (nSPS) is 19.3. The molecule has 0 unspecified atom stereocenters. The van der Waals surface area contributed by atoms with E-state index in [1.807, 2.05) is 0 Å². The number of aromatic nitrogens is 1. The summed E-state index contributed by atoms with van der Waals surface area (Å²) in [5, 5.41) is 0. The first-order valence-corrected chi connectivity index (χ1v) is 13.1. The largest absolute Gasteiger partial charge is 0.356 e. The van der Waals surface area contributed by atoms with Crippen molar-refractivity contribution in [3.8, 4) is 0 Å². The molecule has 31 heavy (non-hydrogen) atoms. The topological polar surface area (TPSA) is 76.7 Å². The molecule has 4 rings (SSSR count). The number of carbonyl (C=O) groups is 1. The molecule has 2 saturated heterocycles. The highest BCUT2D eigenvalue weighted by Crippen LogP contribution is 2.21. The average molecular weight is 467 g/mol. The van der Waals surface area contributed by atoms with E-state index in [1.54, 1.807) is 28.8 Å². The molecule has 1 aromatic carbocycles. The molecular formula is C21H27FN4O3S2. The van der Waals surface area contributed by atoms with Crippen molar-refractivity contribution < 1.29 is 17.6 Å². The lowest BCUT2D eigenvalue weighted by Crippen LogP contribution is -2.37. The smallest absolute Gasteiger partial charge is 0.270 e. The van der Waals surface area contributed by atoms with Gasteiger partial charge in [-0.3, -0.25) is 9.69 Å². The highest BCUT2D eigenvalue weighted by molar-refractivity contribution is 7.99. The van der Waals surface area contributed by atoms with Crippen molar-refractivity contribution in [1.29, 1.82) is 0 Å². The quantitative estimate of drug-likeness (QED) is 0.732. The van der Waals surface area contributed by atoms with Gasteiger partial charge in [0.2, 0.25) is 10.0 Å². The van der Waals surface area contributed by atoms with Crippen molar-refractivity contribution in [2.24, 2.45) is 0 Å². The summed E-state index contributed by atoms with van der Waals surface area (Å²) in [5.74, 6) is 1.15. The summed E-state index contributed by atoms with van der Waals surface area (Å²) in [7, 11) is -3.58.